The third-order valence-corrected chi connectivity index (χ3v) is 5.76. The molecule has 2 nitrogen and oxygen atoms in total. The Labute approximate surface area is 124 Å². The summed E-state index contributed by atoms with van der Waals surface area (Å²) < 4.78 is 13.5. The van der Waals surface area contributed by atoms with Crippen molar-refractivity contribution in [2.24, 2.45) is 17.6 Å². The van der Waals surface area contributed by atoms with Crippen molar-refractivity contribution in [1.82, 2.24) is 4.90 Å². The summed E-state index contributed by atoms with van der Waals surface area (Å²) in [5, 5.41) is 0. The molecule has 1 aromatic carbocycles. The van der Waals surface area contributed by atoms with Gasteiger partial charge in [-0.1, -0.05) is 18.6 Å². The predicted molar refractivity (Wildman–Crippen MR) is 82.4 cm³/mol. The lowest BCUT2D eigenvalue weighted by Crippen LogP contribution is -2.38. The van der Waals surface area contributed by atoms with E-state index in [1.165, 1.54) is 31.9 Å². The van der Waals surface area contributed by atoms with Gasteiger partial charge in [0.2, 0.25) is 0 Å². The van der Waals surface area contributed by atoms with Crippen LogP contribution in [0.15, 0.2) is 29.2 Å². The van der Waals surface area contributed by atoms with E-state index in [0.29, 0.717) is 12.0 Å². The molecular formula is C16H23FN2S. The Morgan fingerprint density at radius 3 is 2.90 bits per heavy atom. The van der Waals surface area contributed by atoms with Crippen LogP contribution in [0.25, 0.3) is 0 Å². The summed E-state index contributed by atoms with van der Waals surface area (Å²) in [6.45, 7) is 3.37. The third kappa shape index (κ3) is 3.18. The van der Waals surface area contributed by atoms with E-state index >= 15 is 0 Å². The van der Waals surface area contributed by atoms with Gasteiger partial charge in [-0.25, -0.2) is 4.39 Å². The summed E-state index contributed by atoms with van der Waals surface area (Å²) in [7, 11) is 0. The molecule has 1 saturated carbocycles. The predicted octanol–water partition coefficient (Wildman–Crippen LogP) is 2.98. The minimum atomic E-state index is -0.102. The van der Waals surface area contributed by atoms with Crippen molar-refractivity contribution in [2.75, 3.05) is 25.4 Å². The average molecular weight is 294 g/mol. The molecule has 0 radical (unpaired) electrons. The third-order valence-electron chi connectivity index (χ3n) is 4.73. The van der Waals surface area contributed by atoms with Gasteiger partial charge < -0.3 is 10.6 Å². The molecule has 0 aromatic heterocycles. The molecule has 0 bridgehead atoms. The number of rotatable bonds is 4. The lowest BCUT2D eigenvalue weighted by atomic mass is 9.78. The SMILES string of the molecule is NC1CCCC2CN(CCSc3ccccc3F)CC12. The summed E-state index contributed by atoms with van der Waals surface area (Å²) >= 11 is 1.62. The van der Waals surface area contributed by atoms with Crippen LogP contribution in [0.3, 0.4) is 0 Å². The van der Waals surface area contributed by atoms with E-state index in [2.05, 4.69) is 4.90 Å². The van der Waals surface area contributed by atoms with Crippen LogP contribution < -0.4 is 5.73 Å². The first-order chi connectivity index (χ1) is 9.74. The van der Waals surface area contributed by atoms with Crippen LogP contribution in [0.1, 0.15) is 19.3 Å². The number of thioether (sulfide) groups is 1. The zero-order valence-electron chi connectivity index (χ0n) is 11.8. The number of nitrogens with zero attached hydrogens (tertiary/aromatic N) is 1. The smallest absolute Gasteiger partial charge is 0.136 e. The number of hydrogen-bond acceptors (Lipinski definition) is 3. The number of halogens is 1. The zero-order valence-corrected chi connectivity index (χ0v) is 12.6. The Hall–Kier alpha value is -0.580. The molecule has 3 unspecified atom stereocenters. The summed E-state index contributed by atoms with van der Waals surface area (Å²) in [5.74, 6) is 2.35. The highest BCUT2D eigenvalue weighted by atomic mass is 32.2. The van der Waals surface area contributed by atoms with Crippen LogP contribution in [0, 0.1) is 17.7 Å². The van der Waals surface area contributed by atoms with Gasteiger partial charge in [0.1, 0.15) is 5.82 Å². The molecule has 1 aliphatic heterocycles. The molecule has 0 spiro atoms. The normalized spacial score (nSPS) is 30.4. The first kappa shape index (κ1) is 14.4. The van der Waals surface area contributed by atoms with Gasteiger partial charge in [0.05, 0.1) is 0 Å². The van der Waals surface area contributed by atoms with Crippen molar-refractivity contribution in [2.45, 2.75) is 30.2 Å². The Kier molecular flexibility index (Phi) is 4.64. The maximum Gasteiger partial charge on any atom is 0.136 e. The molecule has 1 heterocycles. The van der Waals surface area contributed by atoms with Crippen LogP contribution in [-0.2, 0) is 0 Å². The zero-order chi connectivity index (χ0) is 13.9. The number of nitrogens with two attached hydrogens (primary N) is 1. The maximum absolute atomic E-state index is 13.5. The van der Waals surface area contributed by atoms with Crippen molar-refractivity contribution in [3.8, 4) is 0 Å². The summed E-state index contributed by atoms with van der Waals surface area (Å²) in [4.78, 5) is 3.29. The fourth-order valence-corrected chi connectivity index (χ4v) is 4.59. The molecule has 1 saturated heterocycles. The highest BCUT2D eigenvalue weighted by molar-refractivity contribution is 7.99. The van der Waals surface area contributed by atoms with Crippen LogP contribution in [-0.4, -0.2) is 36.3 Å². The van der Waals surface area contributed by atoms with E-state index in [-0.39, 0.29) is 5.82 Å². The summed E-state index contributed by atoms with van der Waals surface area (Å²) in [6, 6.07) is 7.43. The lowest BCUT2D eigenvalue weighted by Gasteiger charge is -2.29. The largest absolute Gasteiger partial charge is 0.327 e. The fraction of sp³-hybridized carbons (Fsp3) is 0.625. The molecule has 1 aliphatic carbocycles. The van der Waals surface area contributed by atoms with E-state index in [9.17, 15) is 4.39 Å². The van der Waals surface area contributed by atoms with Crippen molar-refractivity contribution in [3.63, 3.8) is 0 Å². The van der Waals surface area contributed by atoms with E-state index in [4.69, 9.17) is 5.73 Å². The Morgan fingerprint density at radius 2 is 2.10 bits per heavy atom. The van der Waals surface area contributed by atoms with E-state index in [1.54, 1.807) is 17.8 Å². The molecule has 3 rings (SSSR count). The van der Waals surface area contributed by atoms with Crippen LogP contribution in [0.2, 0.25) is 0 Å². The Morgan fingerprint density at radius 1 is 1.25 bits per heavy atom. The standard InChI is InChI=1S/C16H23FN2S/c17-14-5-1-2-7-16(14)20-9-8-19-10-12-4-3-6-15(18)13(12)11-19/h1-2,5,7,12-13,15H,3-4,6,8-11,18H2. The molecule has 4 heteroatoms. The van der Waals surface area contributed by atoms with Gasteiger partial charge in [-0.15, -0.1) is 11.8 Å². The Bertz CT molecular complexity index is 454. The average Bonchev–Trinajstić information content (AvgIpc) is 2.85. The highest BCUT2D eigenvalue weighted by Crippen LogP contribution is 2.35. The topological polar surface area (TPSA) is 29.3 Å². The first-order valence-electron chi connectivity index (χ1n) is 7.59. The minimum absolute atomic E-state index is 0.102. The molecule has 3 atom stereocenters. The molecule has 2 N–H and O–H groups in total. The van der Waals surface area contributed by atoms with Gasteiger partial charge in [-0.3, -0.25) is 0 Å². The molecule has 2 fully saturated rings. The van der Waals surface area contributed by atoms with E-state index < -0.39 is 0 Å². The second-order valence-electron chi connectivity index (χ2n) is 6.06. The van der Waals surface area contributed by atoms with Gasteiger partial charge in [0.15, 0.2) is 0 Å². The summed E-state index contributed by atoms with van der Waals surface area (Å²) in [5.41, 5.74) is 6.24. The van der Waals surface area contributed by atoms with Crippen molar-refractivity contribution in [3.05, 3.63) is 30.1 Å². The number of fused-ring (bicyclic) bond motifs is 1. The minimum Gasteiger partial charge on any atom is -0.327 e. The van der Waals surface area contributed by atoms with Crippen LogP contribution in [0.5, 0.6) is 0 Å². The first-order valence-corrected chi connectivity index (χ1v) is 8.58. The van der Waals surface area contributed by atoms with Crippen molar-refractivity contribution >= 4 is 11.8 Å². The molecule has 2 aliphatic rings. The molecular weight excluding hydrogens is 271 g/mol. The van der Waals surface area contributed by atoms with Crippen molar-refractivity contribution < 1.29 is 4.39 Å². The molecule has 20 heavy (non-hydrogen) atoms. The maximum atomic E-state index is 13.5. The molecule has 110 valence electrons. The van der Waals surface area contributed by atoms with E-state index in [1.807, 2.05) is 12.1 Å². The van der Waals surface area contributed by atoms with Gasteiger partial charge >= 0.3 is 0 Å². The second-order valence-corrected chi connectivity index (χ2v) is 7.19. The van der Waals surface area contributed by atoms with Crippen molar-refractivity contribution in [1.29, 1.82) is 0 Å². The molecule has 1 aromatic rings. The van der Waals surface area contributed by atoms with Gasteiger partial charge in [0.25, 0.3) is 0 Å². The van der Waals surface area contributed by atoms with Crippen LogP contribution >= 0.6 is 11.8 Å². The molecule has 0 amide bonds. The Balaban J connectivity index is 1.47. The van der Waals surface area contributed by atoms with E-state index in [0.717, 1.165) is 29.7 Å². The quantitative estimate of drug-likeness (QED) is 0.866. The van der Waals surface area contributed by atoms with Gasteiger partial charge in [0, 0.05) is 36.3 Å². The second kappa shape index (κ2) is 6.46. The highest BCUT2D eigenvalue weighted by Gasteiger charge is 2.38. The van der Waals surface area contributed by atoms with Gasteiger partial charge in [-0.05, 0) is 36.8 Å². The number of hydrogen-bond donors (Lipinski definition) is 1. The lowest BCUT2D eigenvalue weighted by molar-refractivity contribution is 0.259. The van der Waals surface area contributed by atoms with Gasteiger partial charge in [-0.2, -0.15) is 0 Å². The monoisotopic (exact) mass is 294 g/mol. The number of benzene rings is 1. The van der Waals surface area contributed by atoms with Crippen LogP contribution in [0.4, 0.5) is 4.39 Å². The summed E-state index contributed by atoms with van der Waals surface area (Å²) in [6.07, 6.45) is 3.83. The number of likely N-dealkylation sites (tertiary alicyclic amines) is 1. The fourth-order valence-electron chi connectivity index (χ4n) is 3.64.